The van der Waals surface area contributed by atoms with Gasteiger partial charge in [-0.1, -0.05) is 0 Å². The number of carboxylic acid groups (broad SMARTS) is 1. The molecular weight excluding hydrogens is 216 g/mol. The summed E-state index contributed by atoms with van der Waals surface area (Å²) in [6.07, 6.45) is -0.0864. The van der Waals surface area contributed by atoms with Gasteiger partial charge in [0.1, 0.15) is 0 Å². The molecule has 1 rings (SSSR count). The summed E-state index contributed by atoms with van der Waals surface area (Å²) in [6, 6.07) is 0. The molecule has 0 aromatic carbocycles. The van der Waals surface area contributed by atoms with Crippen molar-refractivity contribution in [3.8, 4) is 0 Å². The first-order valence-corrected chi connectivity index (χ1v) is 5.46. The first kappa shape index (κ1) is 12.1. The first-order chi connectivity index (χ1) is 7.19. The van der Waals surface area contributed by atoms with Gasteiger partial charge < -0.3 is 15.5 Å². The minimum Gasteiger partial charge on any atom is -0.481 e. The number of hydrogen-bond donors (Lipinski definition) is 3. The Kier molecular flexibility index (Phi) is 4.67. The quantitative estimate of drug-likeness (QED) is 0.659. The highest BCUT2D eigenvalue weighted by molar-refractivity contribution is 7.09. The van der Waals surface area contributed by atoms with Crippen LogP contribution in [0.5, 0.6) is 0 Å². The van der Waals surface area contributed by atoms with E-state index in [4.69, 9.17) is 10.2 Å². The van der Waals surface area contributed by atoms with Gasteiger partial charge in [-0.3, -0.25) is 4.79 Å². The van der Waals surface area contributed by atoms with Crippen molar-refractivity contribution >= 4 is 17.3 Å². The van der Waals surface area contributed by atoms with Crippen LogP contribution in [0.25, 0.3) is 0 Å². The van der Waals surface area contributed by atoms with E-state index in [9.17, 15) is 4.79 Å². The van der Waals surface area contributed by atoms with Gasteiger partial charge in [0.05, 0.1) is 24.2 Å². The third kappa shape index (κ3) is 3.26. The number of nitrogens with zero attached hydrogens (tertiary/aromatic N) is 1. The lowest BCUT2D eigenvalue weighted by molar-refractivity contribution is -0.137. The molecule has 1 atom stereocenters. The van der Waals surface area contributed by atoms with Gasteiger partial charge in [-0.05, 0) is 7.05 Å². The second-order valence-electron chi connectivity index (χ2n) is 3.17. The fraction of sp³-hybridized carbons (Fsp3) is 0.556. The molecule has 0 amide bonds. The molecule has 0 fully saturated rings. The van der Waals surface area contributed by atoms with Crippen molar-refractivity contribution < 1.29 is 15.0 Å². The standard InChI is InChI=1S/C9H14N2O3S/c1-10-3-7-9(11-5-15-7)6(4-12)2-8(13)14/h5-6,10,12H,2-4H2,1H3,(H,13,14). The predicted molar refractivity (Wildman–Crippen MR) is 57.0 cm³/mol. The Morgan fingerprint density at radius 1 is 1.73 bits per heavy atom. The van der Waals surface area contributed by atoms with Crippen LogP contribution in [-0.2, 0) is 11.3 Å². The fourth-order valence-electron chi connectivity index (χ4n) is 1.36. The first-order valence-electron chi connectivity index (χ1n) is 4.58. The molecule has 15 heavy (non-hydrogen) atoms. The SMILES string of the molecule is CNCc1scnc1C(CO)CC(=O)O. The summed E-state index contributed by atoms with van der Waals surface area (Å²) in [7, 11) is 1.81. The Bertz CT molecular complexity index is 327. The van der Waals surface area contributed by atoms with Crippen molar-refractivity contribution in [2.75, 3.05) is 13.7 Å². The normalized spacial score (nSPS) is 12.7. The number of carboxylic acids is 1. The van der Waals surface area contributed by atoms with E-state index in [0.717, 1.165) is 4.88 Å². The van der Waals surface area contributed by atoms with Gasteiger partial charge in [0.25, 0.3) is 0 Å². The van der Waals surface area contributed by atoms with Gasteiger partial charge in [-0.15, -0.1) is 11.3 Å². The fourth-order valence-corrected chi connectivity index (χ4v) is 2.22. The van der Waals surface area contributed by atoms with Crippen LogP contribution in [0.3, 0.4) is 0 Å². The maximum Gasteiger partial charge on any atom is 0.304 e. The minimum absolute atomic E-state index is 0.0864. The third-order valence-electron chi connectivity index (χ3n) is 2.04. The van der Waals surface area contributed by atoms with Crippen molar-refractivity contribution in [3.63, 3.8) is 0 Å². The number of carbonyl (C=O) groups is 1. The zero-order valence-corrected chi connectivity index (χ0v) is 9.25. The number of aliphatic hydroxyl groups is 1. The Hall–Kier alpha value is -0.980. The van der Waals surface area contributed by atoms with Crippen LogP contribution in [0.4, 0.5) is 0 Å². The van der Waals surface area contributed by atoms with Crippen LogP contribution < -0.4 is 5.32 Å². The largest absolute Gasteiger partial charge is 0.481 e. The van der Waals surface area contributed by atoms with Crippen molar-refractivity contribution in [1.29, 1.82) is 0 Å². The topological polar surface area (TPSA) is 82.5 Å². The van der Waals surface area contributed by atoms with E-state index >= 15 is 0 Å². The van der Waals surface area contributed by atoms with Gasteiger partial charge in [-0.2, -0.15) is 0 Å². The molecule has 0 radical (unpaired) electrons. The molecule has 1 heterocycles. The van der Waals surface area contributed by atoms with Crippen molar-refractivity contribution in [3.05, 3.63) is 16.1 Å². The zero-order valence-electron chi connectivity index (χ0n) is 8.43. The van der Waals surface area contributed by atoms with Gasteiger partial charge in [0.2, 0.25) is 0 Å². The van der Waals surface area contributed by atoms with E-state index in [1.165, 1.54) is 11.3 Å². The average molecular weight is 230 g/mol. The third-order valence-corrected chi connectivity index (χ3v) is 2.89. The maximum absolute atomic E-state index is 10.6. The van der Waals surface area contributed by atoms with Crippen molar-refractivity contribution in [1.82, 2.24) is 10.3 Å². The molecule has 0 saturated heterocycles. The number of thiazole rings is 1. The van der Waals surface area contributed by atoms with Gasteiger partial charge in [0, 0.05) is 17.3 Å². The molecule has 0 aliphatic rings. The number of aliphatic hydroxyl groups excluding tert-OH is 1. The Labute approximate surface area is 91.8 Å². The number of nitrogens with one attached hydrogen (secondary N) is 1. The lowest BCUT2D eigenvalue weighted by atomic mass is 10.0. The van der Waals surface area contributed by atoms with Crippen LogP contribution in [0.1, 0.15) is 22.9 Å². The van der Waals surface area contributed by atoms with Gasteiger partial charge in [0.15, 0.2) is 0 Å². The van der Waals surface area contributed by atoms with Gasteiger partial charge >= 0.3 is 5.97 Å². The lowest BCUT2D eigenvalue weighted by Crippen LogP contribution is -2.14. The highest BCUT2D eigenvalue weighted by atomic mass is 32.1. The molecule has 0 spiro atoms. The molecule has 6 heteroatoms. The summed E-state index contributed by atoms with van der Waals surface area (Å²) >= 11 is 1.47. The molecular formula is C9H14N2O3S. The number of hydrogen-bond acceptors (Lipinski definition) is 5. The van der Waals surface area contributed by atoms with Crippen LogP contribution in [0.15, 0.2) is 5.51 Å². The smallest absolute Gasteiger partial charge is 0.304 e. The highest BCUT2D eigenvalue weighted by Crippen LogP contribution is 2.24. The van der Waals surface area contributed by atoms with E-state index < -0.39 is 11.9 Å². The number of rotatable bonds is 6. The van der Waals surface area contributed by atoms with E-state index in [-0.39, 0.29) is 13.0 Å². The molecule has 1 aromatic rings. The van der Waals surface area contributed by atoms with Crippen LogP contribution in [0.2, 0.25) is 0 Å². The molecule has 84 valence electrons. The second kappa shape index (κ2) is 5.79. The Morgan fingerprint density at radius 3 is 3.00 bits per heavy atom. The van der Waals surface area contributed by atoms with E-state index in [1.54, 1.807) is 5.51 Å². The van der Waals surface area contributed by atoms with E-state index in [1.807, 2.05) is 7.05 Å². The van der Waals surface area contributed by atoms with Crippen LogP contribution >= 0.6 is 11.3 Å². The number of aromatic nitrogens is 1. The summed E-state index contributed by atoms with van der Waals surface area (Å²) in [4.78, 5) is 15.7. The maximum atomic E-state index is 10.6. The molecule has 3 N–H and O–H groups in total. The van der Waals surface area contributed by atoms with E-state index in [0.29, 0.717) is 12.2 Å². The summed E-state index contributed by atoms with van der Waals surface area (Å²) in [5, 5.41) is 20.8. The van der Waals surface area contributed by atoms with Crippen molar-refractivity contribution in [2.45, 2.75) is 18.9 Å². The van der Waals surface area contributed by atoms with E-state index in [2.05, 4.69) is 10.3 Å². The molecule has 0 aliphatic carbocycles. The Balaban J connectivity index is 2.80. The zero-order chi connectivity index (χ0) is 11.3. The Morgan fingerprint density at radius 2 is 2.47 bits per heavy atom. The minimum atomic E-state index is -0.919. The predicted octanol–water partition coefficient (Wildman–Crippen LogP) is 0.413. The van der Waals surface area contributed by atoms with Gasteiger partial charge in [-0.25, -0.2) is 4.98 Å². The van der Waals surface area contributed by atoms with Crippen LogP contribution in [-0.4, -0.2) is 34.8 Å². The second-order valence-corrected chi connectivity index (χ2v) is 4.11. The van der Waals surface area contributed by atoms with Crippen LogP contribution in [0, 0.1) is 0 Å². The molecule has 1 aromatic heterocycles. The molecule has 1 unspecified atom stereocenters. The highest BCUT2D eigenvalue weighted by Gasteiger charge is 2.20. The average Bonchev–Trinajstić information content (AvgIpc) is 2.63. The molecule has 5 nitrogen and oxygen atoms in total. The lowest BCUT2D eigenvalue weighted by Gasteiger charge is -2.10. The monoisotopic (exact) mass is 230 g/mol. The summed E-state index contributed by atoms with van der Waals surface area (Å²) < 4.78 is 0. The summed E-state index contributed by atoms with van der Waals surface area (Å²) in [5.41, 5.74) is 2.37. The molecule has 0 aliphatic heterocycles. The molecule has 0 saturated carbocycles. The van der Waals surface area contributed by atoms with Crippen molar-refractivity contribution in [2.24, 2.45) is 0 Å². The number of aliphatic carboxylic acids is 1. The summed E-state index contributed by atoms with van der Waals surface area (Å²) in [6.45, 7) is 0.461. The summed E-state index contributed by atoms with van der Waals surface area (Å²) in [5.74, 6) is -1.32. The molecule has 0 bridgehead atoms.